The van der Waals surface area contributed by atoms with Crippen LogP contribution in [0.4, 0.5) is 4.39 Å². The number of Topliss-reactive ketones (excluding diaryl/α,β-unsaturated/α-hetero) is 1. The van der Waals surface area contributed by atoms with Gasteiger partial charge < -0.3 is 4.90 Å². The molecule has 0 aliphatic carbocycles. The normalized spacial score (nSPS) is 10.9. The summed E-state index contributed by atoms with van der Waals surface area (Å²) in [4.78, 5) is 18.3. The van der Waals surface area contributed by atoms with Crippen molar-refractivity contribution < 1.29 is 9.18 Å². The first-order valence-electron chi connectivity index (χ1n) is 6.49. The molecule has 2 aromatic rings. The van der Waals surface area contributed by atoms with E-state index in [0.717, 1.165) is 25.2 Å². The Balaban J connectivity index is 1.72. The smallest absolute Gasteiger partial charge is 0.162 e. The highest BCUT2D eigenvalue weighted by Gasteiger charge is 2.07. The van der Waals surface area contributed by atoms with Gasteiger partial charge in [-0.3, -0.25) is 4.79 Å². The molecule has 1 heterocycles. The van der Waals surface area contributed by atoms with Crippen LogP contribution in [0.1, 0.15) is 28.9 Å². The molecule has 0 aliphatic heterocycles. The van der Waals surface area contributed by atoms with Gasteiger partial charge in [0.1, 0.15) is 5.82 Å². The van der Waals surface area contributed by atoms with Crippen molar-refractivity contribution in [1.82, 2.24) is 9.88 Å². The van der Waals surface area contributed by atoms with E-state index in [2.05, 4.69) is 9.88 Å². The number of rotatable bonds is 7. The van der Waals surface area contributed by atoms with Gasteiger partial charge in [0.25, 0.3) is 0 Å². The summed E-state index contributed by atoms with van der Waals surface area (Å²) in [5, 5.41) is 2.03. The van der Waals surface area contributed by atoms with E-state index in [1.807, 2.05) is 17.9 Å². The van der Waals surface area contributed by atoms with Gasteiger partial charge in [-0.05, 0) is 44.3 Å². The van der Waals surface area contributed by atoms with Crippen LogP contribution >= 0.6 is 11.3 Å². The molecular formula is C15H17FN2OS. The maximum atomic E-state index is 12.8. The minimum absolute atomic E-state index is 0.0621. The van der Waals surface area contributed by atoms with Crippen LogP contribution in [0.3, 0.4) is 0 Å². The number of thiazole rings is 1. The van der Waals surface area contributed by atoms with E-state index in [4.69, 9.17) is 0 Å². The van der Waals surface area contributed by atoms with Crippen molar-refractivity contribution in [3.63, 3.8) is 0 Å². The van der Waals surface area contributed by atoms with Crippen molar-refractivity contribution in [2.24, 2.45) is 0 Å². The number of hydrogen-bond acceptors (Lipinski definition) is 4. The molecule has 0 saturated carbocycles. The van der Waals surface area contributed by atoms with Gasteiger partial charge in [0.15, 0.2) is 5.78 Å². The van der Waals surface area contributed by atoms with Crippen LogP contribution in [0, 0.1) is 5.82 Å². The first-order valence-corrected chi connectivity index (χ1v) is 7.44. The van der Waals surface area contributed by atoms with Gasteiger partial charge in [0.2, 0.25) is 0 Å². The van der Waals surface area contributed by atoms with Gasteiger partial charge in [-0.15, -0.1) is 11.3 Å². The number of ketones is 1. The average molecular weight is 292 g/mol. The van der Waals surface area contributed by atoms with Gasteiger partial charge in [-0.25, -0.2) is 9.37 Å². The molecule has 0 fully saturated rings. The van der Waals surface area contributed by atoms with Gasteiger partial charge >= 0.3 is 0 Å². The van der Waals surface area contributed by atoms with Crippen molar-refractivity contribution in [3.05, 3.63) is 52.2 Å². The highest BCUT2D eigenvalue weighted by atomic mass is 32.1. The van der Waals surface area contributed by atoms with Crippen LogP contribution in [-0.4, -0.2) is 29.3 Å². The number of aromatic nitrogens is 1. The third-order valence-corrected chi connectivity index (χ3v) is 3.66. The van der Waals surface area contributed by atoms with Gasteiger partial charge in [-0.2, -0.15) is 0 Å². The molecule has 1 aromatic heterocycles. The Kier molecular flexibility index (Phi) is 5.38. The maximum Gasteiger partial charge on any atom is 0.162 e. The second-order valence-electron chi connectivity index (χ2n) is 4.75. The van der Waals surface area contributed by atoms with Crippen molar-refractivity contribution >= 4 is 17.1 Å². The molecule has 0 saturated heterocycles. The topological polar surface area (TPSA) is 33.2 Å². The van der Waals surface area contributed by atoms with Crippen LogP contribution in [0.2, 0.25) is 0 Å². The predicted molar refractivity (Wildman–Crippen MR) is 78.4 cm³/mol. The molecule has 5 heteroatoms. The first-order chi connectivity index (χ1) is 9.65. The second-order valence-corrected chi connectivity index (χ2v) is 5.47. The lowest BCUT2D eigenvalue weighted by atomic mass is 10.1. The molecule has 2 rings (SSSR count). The van der Waals surface area contributed by atoms with Gasteiger partial charge in [-0.1, -0.05) is 0 Å². The molecule has 0 amide bonds. The Morgan fingerprint density at radius 2 is 2.10 bits per heavy atom. The highest BCUT2D eigenvalue weighted by Crippen LogP contribution is 2.09. The highest BCUT2D eigenvalue weighted by molar-refractivity contribution is 7.07. The number of benzene rings is 1. The monoisotopic (exact) mass is 292 g/mol. The fraction of sp³-hybridized carbons (Fsp3) is 0.333. The Morgan fingerprint density at radius 3 is 2.75 bits per heavy atom. The van der Waals surface area contributed by atoms with Crippen LogP contribution in [0.5, 0.6) is 0 Å². The molecule has 0 radical (unpaired) electrons. The standard InChI is InChI=1S/C15H17FN2OS/c1-18(9-14-10-20-11-17-14)8-2-3-15(19)12-4-6-13(16)7-5-12/h4-7,10-11H,2-3,8-9H2,1H3. The Morgan fingerprint density at radius 1 is 1.35 bits per heavy atom. The number of halogens is 1. The molecule has 106 valence electrons. The first kappa shape index (κ1) is 14.8. The Hall–Kier alpha value is -1.59. The molecule has 0 bridgehead atoms. The third kappa shape index (κ3) is 4.51. The molecule has 0 atom stereocenters. The van der Waals surface area contributed by atoms with E-state index in [1.54, 1.807) is 11.3 Å². The van der Waals surface area contributed by atoms with Crippen molar-refractivity contribution in [3.8, 4) is 0 Å². The fourth-order valence-corrected chi connectivity index (χ4v) is 2.51. The molecule has 1 aromatic carbocycles. The summed E-state index contributed by atoms with van der Waals surface area (Å²) in [5.41, 5.74) is 3.46. The van der Waals surface area contributed by atoms with Crippen molar-refractivity contribution in [2.45, 2.75) is 19.4 Å². The quantitative estimate of drug-likeness (QED) is 0.734. The molecule has 0 spiro atoms. The zero-order valence-electron chi connectivity index (χ0n) is 11.4. The summed E-state index contributed by atoms with van der Waals surface area (Å²) in [7, 11) is 2.02. The zero-order chi connectivity index (χ0) is 14.4. The molecule has 0 aliphatic rings. The average Bonchev–Trinajstić information content (AvgIpc) is 2.92. The number of nitrogens with zero attached hydrogens (tertiary/aromatic N) is 2. The number of hydrogen-bond donors (Lipinski definition) is 0. The van der Waals surface area contributed by atoms with E-state index in [9.17, 15) is 9.18 Å². The predicted octanol–water partition coefficient (Wildman–Crippen LogP) is 3.38. The second kappa shape index (κ2) is 7.26. The SMILES string of the molecule is CN(CCCC(=O)c1ccc(F)cc1)Cc1cscn1. The van der Waals surface area contributed by atoms with E-state index < -0.39 is 0 Å². The van der Waals surface area contributed by atoms with Gasteiger partial charge in [0, 0.05) is 23.9 Å². The van der Waals surface area contributed by atoms with Crippen LogP contribution in [0.15, 0.2) is 35.2 Å². The summed E-state index contributed by atoms with van der Waals surface area (Å²) in [5.74, 6) is -0.253. The lowest BCUT2D eigenvalue weighted by molar-refractivity contribution is 0.0976. The molecule has 0 unspecified atom stereocenters. The van der Waals surface area contributed by atoms with E-state index in [1.165, 1.54) is 24.3 Å². The number of carbonyl (C=O) groups is 1. The van der Waals surface area contributed by atoms with Crippen molar-refractivity contribution in [2.75, 3.05) is 13.6 Å². The van der Waals surface area contributed by atoms with Crippen molar-refractivity contribution in [1.29, 1.82) is 0 Å². The molecule has 20 heavy (non-hydrogen) atoms. The lowest BCUT2D eigenvalue weighted by Gasteiger charge is -2.14. The van der Waals surface area contributed by atoms with E-state index in [0.29, 0.717) is 12.0 Å². The van der Waals surface area contributed by atoms with E-state index >= 15 is 0 Å². The summed E-state index contributed by atoms with van der Waals surface area (Å²) >= 11 is 1.59. The Bertz CT molecular complexity index is 540. The Labute approximate surface area is 122 Å². The zero-order valence-corrected chi connectivity index (χ0v) is 12.2. The lowest BCUT2D eigenvalue weighted by Crippen LogP contribution is -2.20. The molecular weight excluding hydrogens is 275 g/mol. The van der Waals surface area contributed by atoms with Gasteiger partial charge in [0.05, 0.1) is 11.2 Å². The fourth-order valence-electron chi connectivity index (χ4n) is 1.96. The minimum atomic E-state index is -0.315. The van der Waals surface area contributed by atoms with Crippen LogP contribution < -0.4 is 0 Å². The summed E-state index contributed by atoms with van der Waals surface area (Å²) in [6.07, 6.45) is 1.27. The summed E-state index contributed by atoms with van der Waals surface area (Å²) < 4.78 is 12.8. The molecule has 0 N–H and O–H groups in total. The van der Waals surface area contributed by atoms with Crippen LogP contribution in [-0.2, 0) is 6.54 Å². The third-order valence-electron chi connectivity index (χ3n) is 3.03. The molecule has 3 nitrogen and oxygen atoms in total. The number of carbonyl (C=O) groups excluding carboxylic acids is 1. The van der Waals surface area contributed by atoms with Crippen LogP contribution in [0.25, 0.3) is 0 Å². The summed E-state index contributed by atoms with van der Waals surface area (Å²) in [6.45, 7) is 1.64. The largest absolute Gasteiger partial charge is 0.301 e. The van der Waals surface area contributed by atoms with E-state index in [-0.39, 0.29) is 11.6 Å². The maximum absolute atomic E-state index is 12.8. The minimum Gasteiger partial charge on any atom is -0.301 e. The summed E-state index contributed by atoms with van der Waals surface area (Å²) in [6, 6.07) is 5.72.